The highest BCUT2D eigenvalue weighted by Crippen LogP contribution is 2.22. The van der Waals surface area contributed by atoms with E-state index in [1.807, 2.05) is 32.0 Å². The zero-order valence-corrected chi connectivity index (χ0v) is 11.7. The first-order valence-corrected chi connectivity index (χ1v) is 6.36. The first kappa shape index (κ1) is 13.0. The van der Waals surface area contributed by atoms with Crippen LogP contribution in [0.4, 0.5) is 4.39 Å². The minimum Gasteiger partial charge on any atom is -0.288 e. The summed E-state index contributed by atoms with van der Waals surface area (Å²) in [5.74, 6) is -0.768. The van der Waals surface area contributed by atoms with E-state index in [1.165, 1.54) is 12.1 Å². The summed E-state index contributed by atoms with van der Waals surface area (Å²) < 4.78 is 14.4. The van der Waals surface area contributed by atoms with Crippen molar-refractivity contribution in [2.45, 2.75) is 13.8 Å². The van der Waals surface area contributed by atoms with Crippen molar-refractivity contribution in [1.29, 1.82) is 0 Å². The molecule has 0 N–H and O–H groups in total. The molecule has 0 aliphatic carbocycles. The molecule has 0 saturated heterocycles. The molecule has 0 radical (unpaired) electrons. The molecule has 0 amide bonds. The van der Waals surface area contributed by atoms with Crippen LogP contribution < -0.4 is 0 Å². The zero-order chi connectivity index (χ0) is 13.3. The third kappa shape index (κ3) is 2.36. The maximum absolute atomic E-state index is 13.7. The molecular weight excluding hydrogens is 295 g/mol. The van der Waals surface area contributed by atoms with Gasteiger partial charge in [-0.3, -0.25) is 4.79 Å². The van der Waals surface area contributed by atoms with Gasteiger partial charge in [0.1, 0.15) is 5.82 Å². The average Bonchev–Trinajstić information content (AvgIpc) is 2.32. The van der Waals surface area contributed by atoms with Crippen LogP contribution in [-0.2, 0) is 0 Å². The quantitative estimate of drug-likeness (QED) is 0.750. The van der Waals surface area contributed by atoms with Gasteiger partial charge >= 0.3 is 0 Å². The van der Waals surface area contributed by atoms with Crippen molar-refractivity contribution in [2.24, 2.45) is 0 Å². The van der Waals surface area contributed by atoms with Gasteiger partial charge in [-0.15, -0.1) is 0 Å². The number of carbonyl (C=O) groups is 1. The number of benzene rings is 2. The molecule has 2 aromatic rings. The molecule has 3 heteroatoms. The van der Waals surface area contributed by atoms with Gasteiger partial charge in [0, 0.05) is 10.0 Å². The fraction of sp³-hybridized carbons (Fsp3) is 0.133. The van der Waals surface area contributed by atoms with Crippen molar-refractivity contribution in [3.8, 4) is 0 Å². The molecule has 0 aliphatic heterocycles. The van der Waals surface area contributed by atoms with Crippen LogP contribution in [0.3, 0.4) is 0 Å². The van der Waals surface area contributed by atoms with Crippen molar-refractivity contribution >= 4 is 21.7 Å². The van der Waals surface area contributed by atoms with Gasteiger partial charge in [0.25, 0.3) is 0 Å². The number of hydrogen-bond donors (Lipinski definition) is 0. The Morgan fingerprint density at radius 1 is 1.11 bits per heavy atom. The lowest BCUT2D eigenvalue weighted by Gasteiger charge is -2.09. The van der Waals surface area contributed by atoms with Crippen LogP contribution in [0, 0.1) is 19.7 Å². The van der Waals surface area contributed by atoms with Gasteiger partial charge in [-0.25, -0.2) is 4.39 Å². The summed E-state index contributed by atoms with van der Waals surface area (Å²) in [6, 6.07) is 10.00. The van der Waals surface area contributed by atoms with Gasteiger partial charge in [-0.05, 0) is 43.2 Å². The van der Waals surface area contributed by atoms with E-state index in [1.54, 1.807) is 6.07 Å². The molecule has 0 unspecified atom stereocenters. The van der Waals surface area contributed by atoms with E-state index in [9.17, 15) is 9.18 Å². The van der Waals surface area contributed by atoms with Crippen molar-refractivity contribution < 1.29 is 9.18 Å². The molecule has 0 heterocycles. The molecule has 2 aromatic carbocycles. The molecule has 0 spiro atoms. The highest BCUT2D eigenvalue weighted by molar-refractivity contribution is 9.10. The molecule has 92 valence electrons. The Morgan fingerprint density at radius 2 is 1.72 bits per heavy atom. The molecule has 0 saturated carbocycles. The second-order valence-electron chi connectivity index (χ2n) is 4.22. The van der Waals surface area contributed by atoms with Gasteiger partial charge in [-0.1, -0.05) is 34.1 Å². The van der Waals surface area contributed by atoms with Crippen LogP contribution in [0.5, 0.6) is 0 Å². The third-order valence-electron chi connectivity index (χ3n) is 2.88. The highest BCUT2D eigenvalue weighted by atomic mass is 79.9. The van der Waals surface area contributed by atoms with Crippen LogP contribution in [0.15, 0.2) is 40.9 Å². The van der Waals surface area contributed by atoms with E-state index in [-0.39, 0.29) is 11.3 Å². The molecular formula is C15H12BrFO. The second kappa shape index (κ2) is 5.02. The first-order chi connectivity index (χ1) is 8.50. The van der Waals surface area contributed by atoms with Gasteiger partial charge in [0.2, 0.25) is 0 Å². The summed E-state index contributed by atoms with van der Waals surface area (Å²) in [7, 11) is 0. The number of carbonyl (C=O) groups excluding carboxylic acids is 1. The largest absolute Gasteiger partial charge is 0.288 e. The van der Waals surface area contributed by atoms with Crippen molar-refractivity contribution in [1.82, 2.24) is 0 Å². The van der Waals surface area contributed by atoms with Crippen molar-refractivity contribution in [3.05, 3.63) is 68.9 Å². The number of ketones is 1. The second-order valence-corrected chi connectivity index (χ2v) is 5.14. The molecule has 0 fully saturated rings. The molecule has 0 bridgehead atoms. The van der Waals surface area contributed by atoms with E-state index in [0.29, 0.717) is 10.0 Å². The topological polar surface area (TPSA) is 17.1 Å². The van der Waals surface area contributed by atoms with Gasteiger partial charge in [0.15, 0.2) is 5.78 Å². The predicted octanol–water partition coefficient (Wildman–Crippen LogP) is 4.44. The van der Waals surface area contributed by atoms with Crippen LogP contribution in [0.1, 0.15) is 27.0 Å². The lowest BCUT2D eigenvalue weighted by molar-refractivity contribution is 0.103. The van der Waals surface area contributed by atoms with E-state index in [0.717, 1.165) is 11.1 Å². The Morgan fingerprint density at radius 3 is 2.33 bits per heavy atom. The first-order valence-electron chi connectivity index (χ1n) is 5.56. The van der Waals surface area contributed by atoms with Crippen LogP contribution in [-0.4, -0.2) is 5.78 Å². The number of rotatable bonds is 2. The summed E-state index contributed by atoms with van der Waals surface area (Å²) in [4.78, 5) is 12.4. The average molecular weight is 307 g/mol. The summed E-state index contributed by atoms with van der Waals surface area (Å²) in [6.07, 6.45) is 0. The lowest BCUT2D eigenvalue weighted by Crippen LogP contribution is -2.08. The Bertz CT molecular complexity index is 600. The zero-order valence-electron chi connectivity index (χ0n) is 10.1. The van der Waals surface area contributed by atoms with Crippen LogP contribution in [0.2, 0.25) is 0 Å². The Hall–Kier alpha value is -1.48. The fourth-order valence-corrected chi connectivity index (χ4v) is 2.34. The maximum atomic E-state index is 13.7. The SMILES string of the molecule is Cc1cccc(C)c1C(=O)c1cc(Br)ccc1F. The summed E-state index contributed by atoms with van der Waals surface area (Å²) in [6.45, 7) is 3.71. The standard InChI is InChI=1S/C15H12BrFO/c1-9-4-3-5-10(2)14(9)15(18)12-8-11(16)6-7-13(12)17/h3-8H,1-2H3. The fourth-order valence-electron chi connectivity index (χ4n) is 1.98. The van der Waals surface area contributed by atoms with Gasteiger partial charge < -0.3 is 0 Å². The molecule has 0 aromatic heterocycles. The smallest absolute Gasteiger partial charge is 0.196 e. The predicted molar refractivity (Wildman–Crippen MR) is 73.4 cm³/mol. The van der Waals surface area contributed by atoms with Gasteiger partial charge in [-0.2, -0.15) is 0 Å². The molecule has 1 nitrogen and oxygen atoms in total. The van der Waals surface area contributed by atoms with E-state index in [4.69, 9.17) is 0 Å². The number of halogens is 2. The van der Waals surface area contributed by atoms with E-state index in [2.05, 4.69) is 15.9 Å². The maximum Gasteiger partial charge on any atom is 0.196 e. The minimum atomic E-state index is -0.495. The summed E-state index contributed by atoms with van der Waals surface area (Å²) in [5, 5.41) is 0. The Kier molecular flexibility index (Phi) is 3.62. The molecule has 2 rings (SSSR count). The minimum absolute atomic E-state index is 0.0989. The lowest BCUT2D eigenvalue weighted by atomic mass is 9.95. The Labute approximate surface area is 114 Å². The monoisotopic (exact) mass is 306 g/mol. The van der Waals surface area contributed by atoms with E-state index < -0.39 is 5.82 Å². The highest BCUT2D eigenvalue weighted by Gasteiger charge is 2.17. The third-order valence-corrected chi connectivity index (χ3v) is 3.37. The van der Waals surface area contributed by atoms with E-state index >= 15 is 0 Å². The molecule has 0 aliphatic rings. The summed E-state index contributed by atoms with van der Waals surface area (Å²) >= 11 is 3.26. The van der Waals surface area contributed by atoms with Gasteiger partial charge in [0.05, 0.1) is 5.56 Å². The number of aryl methyl sites for hydroxylation is 2. The van der Waals surface area contributed by atoms with Crippen molar-refractivity contribution in [2.75, 3.05) is 0 Å². The molecule has 18 heavy (non-hydrogen) atoms. The molecule has 0 atom stereocenters. The van der Waals surface area contributed by atoms with Crippen LogP contribution in [0.25, 0.3) is 0 Å². The number of hydrogen-bond acceptors (Lipinski definition) is 1. The van der Waals surface area contributed by atoms with Crippen LogP contribution >= 0.6 is 15.9 Å². The normalized spacial score (nSPS) is 10.4. The summed E-state index contributed by atoms with van der Waals surface area (Å²) in [5.41, 5.74) is 2.40. The Balaban J connectivity index is 2.58. The van der Waals surface area contributed by atoms with Crippen molar-refractivity contribution in [3.63, 3.8) is 0 Å².